The molecule has 2 aromatic rings. The summed E-state index contributed by atoms with van der Waals surface area (Å²) in [4.78, 5) is 15.0. The summed E-state index contributed by atoms with van der Waals surface area (Å²) < 4.78 is 86.1. The van der Waals surface area contributed by atoms with E-state index in [4.69, 9.17) is 4.74 Å². The number of carbonyl (C=O) groups is 1. The number of ether oxygens (including phenoxy) is 1. The van der Waals surface area contributed by atoms with Gasteiger partial charge in [0.2, 0.25) is 0 Å². The second kappa shape index (κ2) is 10.6. The van der Waals surface area contributed by atoms with E-state index in [1.807, 2.05) is 30.3 Å². The van der Waals surface area contributed by atoms with E-state index in [0.29, 0.717) is 19.4 Å². The number of halogens is 6. The van der Waals surface area contributed by atoms with Crippen molar-refractivity contribution in [2.75, 3.05) is 6.54 Å². The molecule has 0 N–H and O–H groups in total. The van der Waals surface area contributed by atoms with Gasteiger partial charge in [-0.15, -0.1) is 0 Å². The maximum Gasteiger partial charge on any atom is 0.416 e. The van der Waals surface area contributed by atoms with Crippen LogP contribution in [0.1, 0.15) is 88.0 Å². The van der Waals surface area contributed by atoms with E-state index < -0.39 is 46.6 Å². The first kappa shape index (κ1) is 28.9. The zero-order valence-corrected chi connectivity index (χ0v) is 21.5. The van der Waals surface area contributed by atoms with Gasteiger partial charge in [0.05, 0.1) is 16.7 Å². The lowest BCUT2D eigenvalue weighted by Gasteiger charge is -2.48. The maximum atomic E-state index is 13.4. The second-order valence-electron chi connectivity index (χ2n) is 10.8. The zero-order valence-electron chi connectivity index (χ0n) is 21.5. The van der Waals surface area contributed by atoms with Crippen LogP contribution in [0.3, 0.4) is 0 Å². The number of piperidine rings is 1. The van der Waals surface area contributed by atoms with Crippen LogP contribution in [0.25, 0.3) is 0 Å². The molecule has 204 valence electrons. The van der Waals surface area contributed by atoms with Crippen molar-refractivity contribution in [2.24, 2.45) is 0 Å². The summed E-state index contributed by atoms with van der Waals surface area (Å²) in [6, 6.07) is 11.1. The fourth-order valence-electron chi connectivity index (χ4n) is 4.96. The Morgan fingerprint density at radius 2 is 1.51 bits per heavy atom. The summed E-state index contributed by atoms with van der Waals surface area (Å²) in [5.74, 6) is -0.619. The van der Waals surface area contributed by atoms with E-state index >= 15 is 0 Å². The molecule has 0 spiro atoms. The van der Waals surface area contributed by atoms with Gasteiger partial charge in [-0.05, 0) is 88.1 Å². The van der Waals surface area contributed by atoms with Gasteiger partial charge >= 0.3 is 18.4 Å². The summed E-state index contributed by atoms with van der Waals surface area (Å²) in [6.07, 6.45) is -7.46. The molecule has 1 saturated heterocycles. The minimum Gasteiger partial charge on any atom is -0.444 e. The highest BCUT2D eigenvalue weighted by atomic mass is 19.4. The highest BCUT2D eigenvalue weighted by Gasteiger charge is 2.45. The Bertz CT molecular complexity index is 1040. The molecule has 3 nitrogen and oxygen atoms in total. The Morgan fingerprint density at radius 1 is 0.946 bits per heavy atom. The van der Waals surface area contributed by atoms with Crippen LogP contribution in [0, 0.1) is 0 Å². The van der Waals surface area contributed by atoms with Gasteiger partial charge in [0.1, 0.15) is 5.60 Å². The number of hydrogen-bond acceptors (Lipinski definition) is 2. The van der Waals surface area contributed by atoms with Crippen molar-refractivity contribution in [2.45, 2.75) is 89.2 Å². The number of benzene rings is 2. The molecule has 0 aliphatic carbocycles. The Labute approximate surface area is 213 Å². The third-order valence-corrected chi connectivity index (χ3v) is 6.83. The maximum absolute atomic E-state index is 13.4. The van der Waals surface area contributed by atoms with E-state index in [2.05, 4.69) is 0 Å². The number of hydrogen-bond donors (Lipinski definition) is 0. The minimum absolute atomic E-state index is 0.0370. The largest absolute Gasteiger partial charge is 0.444 e. The normalized spacial score (nSPS) is 20.0. The summed E-state index contributed by atoms with van der Waals surface area (Å²) in [6.45, 7) is 7.38. The lowest BCUT2D eigenvalue weighted by atomic mass is 9.75. The van der Waals surface area contributed by atoms with Crippen LogP contribution in [-0.4, -0.2) is 23.1 Å². The molecule has 0 saturated carbocycles. The topological polar surface area (TPSA) is 29.5 Å². The van der Waals surface area contributed by atoms with Crippen molar-refractivity contribution < 1.29 is 35.9 Å². The van der Waals surface area contributed by atoms with Crippen molar-refractivity contribution in [1.29, 1.82) is 0 Å². The molecule has 2 aromatic carbocycles. The zero-order chi connectivity index (χ0) is 27.6. The number of carbonyl (C=O) groups excluding carboxylic acids is 1. The average Bonchev–Trinajstić information content (AvgIpc) is 2.80. The molecular formula is C28H33F6NO2. The first-order valence-corrected chi connectivity index (χ1v) is 12.4. The highest BCUT2D eigenvalue weighted by molar-refractivity contribution is 5.70. The molecule has 1 fully saturated rings. The first-order chi connectivity index (χ1) is 17.0. The molecule has 2 atom stereocenters. The summed E-state index contributed by atoms with van der Waals surface area (Å²) in [5, 5.41) is 0. The molecule has 0 bridgehead atoms. The molecule has 1 unspecified atom stereocenters. The molecule has 3 rings (SSSR count). The van der Waals surface area contributed by atoms with Gasteiger partial charge in [-0.3, -0.25) is 4.90 Å². The Balaban J connectivity index is 1.98. The van der Waals surface area contributed by atoms with Crippen LogP contribution in [0.5, 0.6) is 0 Å². The molecule has 37 heavy (non-hydrogen) atoms. The summed E-state index contributed by atoms with van der Waals surface area (Å²) in [5.41, 5.74) is -3.33. The fraction of sp³-hybridized carbons (Fsp3) is 0.536. The molecule has 1 aliphatic heterocycles. The Kier molecular flexibility index (Phi) is 8.25. The average molecular weight is 530 g/mol. The Hall–Kier alpha value is -2.71. The van der Waals surface area contributed by atoms with Crippen LogP contribution in [0.4, 0.5) is 31.1 Å². The summed E-state index contributed by atoms with van der Waals surface area (Å²) >= 11 is 0. The smallest absolute Gasteiger partial charge is 0.416 e. The van der Waals surface area contributed by atoms with Gasteiger partial charge in [-0.25, -0.2) is 4.79 Å². The molecule has 0 radical (unpaired) electrons. The van der Waals surface area contributed by atoms with Crippen molar-refractivity contribution in [3.63, 3.8) is 0 Å². The molecule has 0 aromatic heterocycles. The predicted molar refractivity (Wildman–Crippen MR) is 129 cm³/mol. The van der Waals surface area contributed by atoms with Crippen LogP contribution >= 0.6 is 0 Å². The van der Waals surface area contributed by atoms with E-state index in [1.165, 1.54) is 0 Å². The van der Waals surface area contributed by atoms with Crippen molar-refractivity contribution in [3.05, 3.63) is 70.8 Å². The van der Waals surface area contributed by atoms with Crippen molar-refractivity contribution in [1.82, 2.24) is 4.90 Å². The Morgan fingerprint density at radius 3 is 2.03 bits per heavy atom. The van der Waals surface area contributed by atoms with E-state index in [9.17, 15) is 31.1 Å². The lowest BCUT2D eigenvalue weighted by molar-refractivity contribution is -0.143. The predicted octanol–water partition coefficient (Wildman–Crippen LogP) is 8.92. The monoisotopic (exact) mass is 529 g/mol. The summed E-state index contributed by atoms with van der Waals surface area (Å²) in [7, 11) is 0. The van der Waals surface area contributed by atoms with Gasteiger partial charge in [0.25, 0.3) is 0 Å². The van der Waals surface area contributed by atoms with Gasteiger partial charge in [-0.2, -0.15) is 26.3 Å². The lowest BCUT2D eigenvalue weighted by Crippen LogP contribution is -2.53. The van der Waals surface area contributed by atoms with Gasteiger partial charge in [0, 0.05) is 6.54 Å². The number of rotatable bonds is 5. The van der Waals surface area contributed by atoms with E-state index in [0.717, 1.165) is 30.5 Å². The number of alkyl halides is 6. The third kappa shape index (κ3) is 6.99. The fourth-order valence-corrected chi connectivity index (χ4v) is 4.96. The SMILES string of the molecule is C[C@@H](CCC1(c2ccccc2)CCCCN1C(=O)OC(C)(C)C)c1cc(C(F)(F)F)cc(C(F)(F)F)c1. The molecule has 1 heterocycles. The number of likely N-dealkylation sites (tertiary alicyclic amines) is 1. The van der Waals surface area contributed by atoms with Gasteiger partial charge < -0.3 is 4.74 Å². The molecule has 1 amide bonds. The van der Waals surface area contributed by atoms with Crippen LogP contribution in [0.15, 0.2) is 48.5 Å². The van der Waals surface area contributed by atoms with Crippen LogP contribution < -0.4 is 0 Å². The minimum atomic E-state index is -4.90. The van der Waals surface area contributed by atoms with E-state index in [1.54, 1.807) is 32.6 Å². The molecule has 1 aliphatic rings. The first-order valence-electron chi connectivity index (χ1n) is 12.4. The number of nitrogens with zero attached hydrogens (tertiary/aromatic N) is 1. The van der Waals surface area contributed by atoms with Crippen molar-refractivity contribution >= 4 is 6.09 Å². The van der Waals surface area contributed by atoms with Gasteiger partial charge in [0.15, 0.2) is 0 Å². The standard InChI is InChI=1S/C28H33F6NO2/c1-19(20-16-22(27(29,30)31)18-23(17-20)28(32,33)34)12-14-26(21-10-6-5-7-11-21)13-8-9-15-35(26)24(36)37-25(2,3)4/h5-7,10-11,16-19H,8-9,12-15H2,1-4H3/t19-,26?/m0/s1. The molecular weight excluding hydrogens is 496 g/mol. The van der Waals surface area contributed by atoms with Crippen LogP contribution in [-0.2, 0) is 22.6 Å². The second-order valence-corrected chi connectivity index (χ2v) is 10.8. The number of amides is 1. The molecule has 9 heteroatoms. The quantitative estimate of drug-likeness (QED) is 0.362. The third-order valence-electron chi connectivity index (χ3n) is 6.83. The van der Waals surface area contributed by atoms with Gasteiger partial charge in [-0.1, -0.05) is 37.3 Å². The van der Waals surface area contributed by atoms with Crippen LogP contribution in [0.2, 0.25) is 0 Å². The highest BCUT2D eigenvalue weighted by Crippen LogP contribution is 2.45. The van der Waals surface area contributed by atoms with Crippen molar-refractivity contribution in [3.8, 4) is 0 Å². The van der Waals surface area contributed by atoms with E-state index in [-0.39, 0.29) is 18.1 Å².